The smallest absolute Gasteiger partial charge is 0.344 e. The lowest BCUT2D eigenvalue weighted by molar-refractivity contribution is -0.147. The zero-order valence-electron chi connectivity index (χ0n) is 12.6. The minimum atomic E-state index is -0.387. The monoisotopic (exact) mass is 331 g/mol. The number of carbonyl (C=O) groups is 1. The van der Waals surface area contributed by atoms with Gasteiger partial charge in [-0.3, -0.25) is 0 Å². The topological polar surface area (TPSA) is 66.0 Å². The lowest BCUT2D eigenvalue weighted by atomic mass is 10.2. The van der Waals surface area contributed by atoms with Gasteiger partial charge in [-0.2, -0.15) is 0 Å². The Bertz CT molecular complexity index is 451. The van der Waals surface area contributed by atoms with E-state index in [1.165, 1.54) is 0 Å². The summed E-state index contributed by atoms with van der Waals surface area (Å²) in [4.78, 5) is 11.6. The van der Waals surface area contributed by atoms with Gasteiger partial charge in [0.25, 0.3) is 0 Å². The molecule has 0 radical (unpaired) electrons. The fourth-order valence-electron chi connectivity index (χ4n) is 1.98. The molecule has 7 heteroatoms. The second-order valence-electron chi connectivity index (χ2n) is 4.67. The van der Waals surface area contributed by atoms with Crippen LogP contribution in [-0.4, -0.2) is 52.1 Å². The molecule has 0 amide bonds. The number of methoxy groups -OCH3 is 1. The van der Waals surface area contributed by atoms with Crippen LogP contribution < -0.4 is 14.8 Å². The predicted octanol–water partition coefficient (Wildman–Crippen LogP) is 1.42. The Morgan fingerprint density at radius 3 is 2.95 bits per heavy atom. The van der Waals surface area contributed by atoms with Crippen molar-refractivity contribution in [3.05, 3.63) is 24.3 Å². The standard InChI is InChI=1S/C15H21NO5.ClH/c1-18-12-3-2-4-13(9-12)21-11-15(17)20-7-5-14-10-16-6-8-19-14;/h2-4,9,14,16H,5-8,10-11H2,1H3;1H. The Morgan fingerprint density at radius 2 is 2.23 bits per heavy atom. The van der Waals surface area contributed by atoms with E-state index >= 15 is 0 Å². The number of nitrogens with one attached hydrogen (secondary N) is 1. The first-order valence-electron chi connectivity index (χ1n) is 7.02. The van der Waals surface area contributed by atoms with Crippen molar-refractivity contribution < 1.29 is 23.7 Å². The number of halogens is 1. The highest BCUT2D eigenvalue weighted by molar-refractivity contribution is 5.85. The average molecular weight is 332 g/mol. The van der Waals surface area contributed by atoms with Gasteiger partial charge >= 0.3 is 5.97 Å². The van der Waals surface area contributed by atoms with Crippen LogP contribution in [-0.2, 0) is 14.3 Å². The number of morpholine rings is 1. The molecule has 0 saturated carbocycles. The molecule has 1 fully saturated rings. The Kier molecular flexibility index (Phi) is 8.65. The maximum atomic E-state index is 11.6. The minimum Gasteiger partial charge on any atom is -0.497 e. The molecule has 0 bridgehead atoms. The summed E-state index contributed by atoms with van der Waals surface area (Å²) in [5.41, 5.74) is 0. The first kappa shape index (κ1) is 18.5. The molecule has 0 aromatic heterocycles. The van der Waals surface area contributed by atoms with Crippen molar-refractivity contribution in [3.63, 3.8) is 0 Å². The largest absolute Gasteiger partial charge is 0.497 e. The Hall–Kier alpha value is -1.50. The van der Waals surface area contributed by atoms with Crippen LogP contribution in [0.3, 0.4) is 0 Å². The third kappa shape index (κ3) is 6.51. The molecule has 1 heterocycles. The van der Waals surface area contributed by atoms with Crippen LogP contribution in [0.1, 0.15) is 6.42 Å². The van der Waals surface area contributed by atoms with Gasteiger partial charge in [-0.25, -0.2) is 4.79 Å². The Morgan fingerprint density at radius 1 is 1.41 bits per heavy atom. The van der Waals surface area contributed by atoms with Gasteiger partial charge in [0.2, 0.25) is 0 Å². The molecule has 6 nitrogen and oxygen atoms in total. The third-order valence-electron chi connectivity index (χ3n) is 3.11. The summed E-state index contributed by atoms with van der Waals surface area (Å²) >= 11 is 0. The fraction of sp³-hybridized carbons (Fsp3) is 0.533. The van der Waals surface area contributed by atoms with Crippen LogP contribution in [0, 0.1) is 0 Å². The Balaban J connectivity index is 0.00000242. The summed E-state index contributed by atoms with van der Waals surface area (Å²) in [7, 11) is 1.58. The van der Waals surface area contributed by atoms with Crippen LogP contribution in [0.4, 0.5) is 0 Å². The SMILES string of the molecule is COc1cccc(OCC(=O)OCCC2CNCCO2)c1.Cl. The van der Waals surface area contributed by atoms with Gasteiger partial charge in [-0.15, -0.1) is 12.4 Å². The van der Waals surface area contributed by atoms with Gasteiger partial charge in [0.15, 0.2) is 6.61 Å². The van der Waals surface area contributed by atoms with Crippen LogP contribution in [0.25, 0.3) is 0 Å². The third-order valence-corrected chi connectivity index (χ3v) is 3.11. The minimum absolute atomic E-state index is 0. The molecule has 1 saturated heterocycles. The zero-order chi connectivity index (χ0) is 14.9. The maximum Gasteiger partial charge on any atom is 0.344 e. The lowest BCUT2D eigenvalue weighted by Gasteiger charge is -2.23. The van der Waals surface area contributed by atoms with Crippen LogP contribution in [0.2, 0.25) is 0 Å². The van der Waals surface area contributed by atoms with Crippen molar-refractivity contribution in [1.82, 2.24) is 5.32 Å². The normalized spacial score (nSPS) is 17.2. The summed E-state index contributed by atoms with van der Waals surface area (Å²) < 4.78 is 21.1. The molecule has 1 N–H and O–H groups in total. The highest BCUT2D eigenvalue weighted by Gasteiger charge is 2.14. The first-order valence-corrected chi connectivity index (χ1v) is 7.02. The summed E-state index contributed by atoms with van der Waals surface area (Å²) in [6, 6.07) is 7.09. The van der Waals surface area contributed by atoms with Crippen molar-refractivity contribution in [2.45, 2.75) is 12.5 Å². The van der Waals surface area contributed by atoms with Crippen molar-refractivity contribution in [1.29, 1.82) is 0 Å². The van der Waals surface area contributed by atoms with Crippen molar-refractivity contribution in [2.24, 2.45) is 0 Å². The number of esters is 1. The molecule has 0 aliphatic carbocycles. The molecule has 1 aliphatic rings. The number of hydrogen-bond acceptors (Lipinski definition) is 6. The second kappa shape index (κ2) is 10.3. The molecule has 1 aliphatic heterocycles. The molecule has 0 spiro atoms. The van der Waals surface area contributed by atoms with Gasteiger partial charge in [0.1, 0.15) is 11.5 Å². The van der Waals surface area contributed by atoms with E-state index in [0.29, 0.717) is 31.1 Å². The zero-order valence-corrected chi connectivity index (χ0v) is 13.4. The Labute approximate surface area is 136 Å². The van der Waals surface area contributed by atoms with Crippen LogP contribution >= 0.6 is 12.4 Å². The lowest BCUT2D eigenvalue weighted by Crippen LogP contribution is -2.39. The second-order valence-corrected chi connectivity index (χ2v) is 4.67. The van der Waals surface area contributed by atoms with Crippen LogP contribution in [0.15, 0.2) is 24.3 Å². The van der Waals surface area contributed by atoms with E-state index in [4.69, 9.17) is 18.9 Å². The quantitative estimate of drug-likeness (QED) is 0.762. The van der Waals surface area contributed by atoms with E-state index in [9.17, 15) is 4.79 Å². The molecule has 2 rings (SSSR count). The average Bonchev–Trinajstić information content (AvgIpc) is 2.54. The highest BCUT2D eigenvalue weighted by Crippen LogP contribution is 2.18. The predicted molar refractivity (Wildman–Crippen MR) is 83.9 cm³/mol. The summed E-state index contributed by atoms with van der Waals surface area (Å²) in [5.74, 6) is 0.871. The first-order chi connectivity index (χ1) is 10.3. The maximum absolute atomic E-state index is 11.6. The van der Waals surface area contributed by atoms with E-state index in [1.54, 1.807) is 25.3 Å². The van der Waals surface area contributed by atoms with E-state index in [0.717, 1.165) is 13.1 Å². The molecule has 1 atom stereocenters. The van der Waals surface area contributed by atoms with Gasteiger partial charge in [0, 0.05) is 25.6 Å². The van der Waals surface area contributed by atoms with Crippen molar-refractivity contribution >= 4 is 18.4 Å². The fourth-order valence-corrected chi connectivity index (χ4v) is 1.98. The van der Waals surface area contributed by atoms with Crippen molar-refractivity contribution in [3.8, 4) is 11.5 Å². The van der Waals surface area contributed by atoms with E-state index in [2.05, 4.69) is 5.32 Å². The van der Waals surface area contributed by atoms with Gasteiger partial charge in [-0.1, -0.05) is 6.07 Å². The highest BCUT2D eigenvalue weighted by atomic mass is 35.5. The summed E-state index contributed by atoms with van der Waals surface area (Å²) in [6.07, 6.45) is 0.809. The number of benzene rings is 1. The summed E-state index contributed by atoms with van der Waals surface area (Å²) in [5, 5.41) is 3.23. The number of rotatable bonds is 7. The van der Waals surface area contributed by atoms with Crippen LogP contribution in [0.5, 0.6) is 11.5 Å². The van der Waals surface area contributed by atoms with Gasteiger partial charge in [0.05, 0.1) is 26.4 Å². The van der Waals surface area contributed by atoms with Gasteiger partial charge in [-0.05, 0) is 12.1 Å². The van der Waals surface area contributed by atoms with E-state index < -0.39 is 0 Å². The molecule has 1 aromatic rings. The number of hydrogen-bond donors (Lipinski definition) is 1. The number of carbonyl (C=O) groups excluding carboxylic acids is 1. The molecule has 22 heavy (non-hydrogen) atoms. The van der Waals surface area contributed by atoms with E-state index in [1.807, 2.05) is 6.07 Å². The van der Waals surface area contributed by atoms with Gasteiger partial charge < -0.3 is 24.3 Å². The molecular formula is C15H22ClNO5. The number of ether oxygens (including phenoxy) is 4. The van der Waals surface area contributed by atoms with Crippen molar-refractivity contribution in [2.75, 3.05) is 40.0 Å². The van der Waals surface area contributed by atoms with E-state index in [-0.39, 0.29) is 31.1 Å². The molecule has 124 valence electrons. The molecular weight excluding hydrogens is 310 g/mol. The molecule has 1 unspecified atom stereocenters. The molecule has 1 aromatic carbocycles. The summed E-state index contributed by atoms with van der Waals surface area (Å²) in [6.45, 7) is 2.61.